The number of nitrogens with zero attached hydrogens (tertiary/aromatic N) is 1. The Bertz CT molecular complexity index is 906. The van der Waals surface area contributed by atoms with Gasteiger partial charge >= 0.3 is 5.97 Å². The Kier molecular flexibility index (Phi) is 5.39. The first-order valence-electron chi connectivity index (χ1n) is 7.70. The van der Waals surface area contributed by atoms with Crippen LogP contribution in [0, 0.1) is 0 Å². The van der Waals surface area contributed by atoms with E-state index in [1.807, 2.05) is 24.3 Å². The second-order valence-electron chi connectivity index (χ2n) is 5.53. The third kappa shape index (κ3) is 3.95. The minimum Gasteiger partial charge on any atom is -0.497 e. The predicted molar refractivity (Wildman–Crippen MR) is 106 cm³/mol. The third-order valence-electron chi connectivity index (χ3n) is 3.74. The zero-order valence-corrected chi connectivity index (χ0v) is 15.5. The quantitative estimate of drug-likeness (QED) is 0.625. The smallest absolute Gasteiger partial charge is 0.307 e. The molecule has 1 amide bonds. The van der Waals surface area contributed by atoms with Crippen LogP contribution in [-0.4, -0.2) is 28.4 Å². The second kappa shape index (κ2) is 7.72. The van der Waals surface area contributed by atoms with Gasteiger partial charge in [-0.05, 0) is 41.5 Å². The summed E-state index contributed by atoms with van der Waals surface area (Å²) in [5.74, 6) is -0.387. The first-order valence-corrected chi connectivity index (χ1v) is 8.93. The predicted octanol–water partition coefficient (Wildman–Crippen LogP) is 3.73. The van der Waals surface area contributed by atoms with E-state index < -0.39 is 5.97 Å². The first-order chi connectivity index (χ1) is 12.5. The number of rotatable bonds is 5. The van der Waals surface area contributed by atoms with Gasteiger partial charge in [-0.25, -0.2) is 0 Å². The lowest BCUT2D eigenvalue weighted by Gasteiger charge is -2.14. The van der Waals surface area contributed by atoms with E-state index in [4.69, 9.17) is 22.1 Å². The summed E-state index contributed by atoms with van der Waals surface area (Å²) in [4.78, 5) is 25.5. The minimum absolute atomic E-state index is 0.0611. The number of benzene rings is 2. The molecule has 0 aromatic heterocycles. The zero-order valence-electron chi connectivity index (χ0n) is 13.8. The zero-order chi connectivity index (χ0) is 18.7. The van der Waals surface area contributed by atoms with Gasteiger partial charge in [-0.2, -0.15) is 0 Å². The lowest BCUT2D eigenvalue weighted by Crippen LogP contribution is -2.27. The maximum absolute atomic E-state index is 12.8. The van der Waals surface area contributed by atoms with Gasteiger partial charge < -0.3 is 9.84 Å². The SMILES string of the molecule is COc1cccc(/C=C2\SC(=S)N(c3ccc(CC(=O)O)cc3)C2=O)c1. The number of ether oxygens (including phenoxy) is 1. The Hall–Kier alpha value is -2.64. The number of carbonyl (C=O) groups excluding carboxylic acids is 1. The van der Waals surface area contributed by atoms with E-state index in [1.165, 1.54) is 16.7 Å². The van der Waals surface area contributed by atoms with E-state index in [9.17, 15) is 9.59 Å². The number of methoxy groups -OCH3 is 1. The molecule has 1 aliphatic heterocycles. The highest BCUT2D eigenvalue weighted by molar-refractivity contribution is 8.27. The van der Waals surface area contributed by atoms with Crippen LogP contribution in [0.25, 0.3) is 6.08 Å². The minimum atomic E-state index is -0.899. The standard InChI is InChI=1S/C19H15NO4S2/c1-24-15-4-2-3-13(9-15)10-16-18(23)20(19(25)26-16)14-7-5-12(6-8-14)11-17(21)22/h2-10H,11H2,1H3,(H,21,22)/b16-10-. The van der Waals surface area contributed by atoms with Crippen molar-refractivity contribution >= 4 is 51.9 Å². The number of carboxylic acid groups (broad SMARTS) is 1. The Balaban J connectivity index is 1.84. The van der Waals surface area contributed by atoms with Gasteiger partial charge in [-0.1, -0.05) is 48.2 Å². The first kappa shape index (κ1) is 18.2. The summed E-state index contributed by atoms with van der Waals surface area (Å²) in [7, 11) is 1.59. The fraction of sp³-hybridized carbons (Fsp3) is 0.105. The van der Waals surface area contributed by atoms with Gasteiger partial charge in [-0.15, -0.1) is 0 Å². The van der Waals surface area contributed by atoms with Crippen LogP contribution in [0.15, 0.2) is 53.4 Å². The van der Waals surface area contributed by atoms with Crippen LogP contribution in [-0.2, 0) is 16.0 Å². The summed E-state index contributed by atoms with van der Waals surface area (Å²) >= 11 is 6.59. The van der Waals surface area contributed by atoms with E-state index in [-0.39, 0.29) is 12.3 Å². The van der Waals surface area contributed by atoms with Gasteiger partial charge in [0, 0.05) is 0 Å². The number of amides is 1. The summed E-state index contributed by atoms with van der Waals surface area (Å²) in [6, 6.07) is 14.2. The molecule has 5 nitrogen and oxygen atoms in total. The van der Waals surface area contributed by atoms with Crippen LogP contribution >= 0.6 is 24.0 Å². The molecular weight excluding hydrogens is 370 g/mol. The van der Waals surface area contributed by atoms with Crippen molar-refractivity contribution in [3.63, 3.8) is 0 Å². The largest absolute Gasteiger partial charge is 0.497 e. The van der Waals surface area contributed by atoms with Gasteiger partial charge in [-0.3, -0.25) is 14.5 Å². The molecule has 1 N–H and O–H groups in total. The van der Waals surface area contributed by atoms with Crippen molar-refractivity contribution in [1.82, 2.24) is 0 Å². The molecule has 0 radical (unpaired) electrons. The number of carbonyl (C=O) groups is 2. The maximum atomic E-state index is 12.8. The molecular formula is C19H15NO4S2. The molecule has 1 aliphatic rings. The Morgan fingerprint density at radius 1 is 1.27 bits per heavy atom. The average molecular weight is 385 g/mol. The highest BCUT2D eigenvalue weighted by atomic mass is 32.2. The highest BCUT2D eigenvalue weighted by Crippen LogP contribution is 2.36. The lowest BCUT2D eigenvalue weighted by atomic mass is 10.1. The molecule has 7 heteroatoms. The number of thiocarbonyl (C=S) groups is 1. The molecule has 0 spiro atoms. The van der Waals surface area contributed by atoms with Gasteiger partial charge in [0.1, 0.15) is 5.75 Å². The Morgan fingerprint density at radius 3 is 2.65 bits per heavy atom. The molecule has 26 heavy (non-hydrogen) atoms. The Morgan fingerprint density at radius 2 is 2.00 bits per heavy atom. The van der Waals surface area contributed by atoms with Gasteiger partial charge in [0.25, 0.3) is 5.91 Å². The lowest BCUT2D eigenvalue weighted by molar-refractivity contribution is -0.136. The monoisotopic (exact) mass is 385 g/mol. The number of carboxylic acids is 1. The summed E-state index contributed by atoms with van der Waals surface area (Å²) in [6.45, 7) is 0. The van der Waals surface area contributed by atoms with Crippen molar-refractivity contribution < 1.29 is 19.4 Å². The van der Waals surface area contributed by atoms with Gasteiger partial charge in [0.05, 0.1) is 24.1 Å². The van der Waals surface area contributed by atoms with E-state index in [0.717, 1.165) is 5.56 Å². The fourth-order valence-electron chi connectivity index (χ4n) is 2.51. The normalized spacial score (nSPS) is 15.6. The number of hydrogen-bond acceptors (Lipinski definition) is 5. The van der Waals surface area contributed by atoms with Crippen LogP contribution in [0.5, 0.6) is 5.75 Å². The van der Waals surface area contributed by atoms with Crippen LogP contribution < -0.4 is 9.64 Å². The molecule has 3 rings (SSSR count). The summed E-state index contributed by atoms with van der Waals surface area (Å²) in [6.07, 6.45) is 1.72. The van der Waals surface area contributed by atoms with Crippen molar-refractivity contribution in [2.24, 2.45) is 0 Å². The molecule has 1 fully saturated rings. The highest BCUT2D eigenvalue weighted by Gasteiger charge is 2.33. The van der Waals surface area contributed by atoms with Crippen molar-refractivity contribution in [2.75, 3.05) is 12.0 Å². The molecule has 1 saturated heterocycles. The molecule has 2 aromatic rings. The van der Waals surface area contributed by atoms with E-state index in [0.29, 0.717) is 26.2 Å². The molecule has 0 unspecified atom stereocenters. The van der Waals surface area contributed by atoms with Crippen molar-refractivity contribution in [2.45, 2.75) is 6.42 Å². The number of thioether (sulfide) groups is 1. The van der Waals surface area contributed by atoms with Crippen LogP contribution in [0.3, 0.4) is 0 Å². The fourth-order valence-corrected chi connectivity index (χ4v) is 3.81. The van der Waals surface area contributed by atoms with E-state index >= 15 is 0 Å². The van der Waals surface area contributed by atoms with Crippen LogP contribution in [0.2, 0.25) is 0 Å². The van der Waals surface area contributed by atoms with Crippen LogP contribution in [0.4, 0.5) is 5.69 Å². The molecule has 0 atom stereocenters. The molecule has 132 valence electrons. The van der Waals surface area contributed by atoms with E-state index in [2.05, 4.69) is 0 Å². The summed E-state index contributed by atoms with van der Waals surface area (Å²) in [5.41, 5.74) is 2.14. The van der Waals surface area contributed by atoms with Gasteiger partial charge in [0.2, 0.25) is 0 Å². The number of hydrogen-bond donors (Lipinski definition) is 1. The molecule has 1 heterocycles. The van der Waals surface area contributed by atoms with Crippen molar-refractivity contribution in [1.29, 1.82) is 0 Å². The Labute approximate surface area is 160 Å². The van der Waals surface area contributed by atoms with Gasteiger partial charge in [0.15, 0.2) is 4.32 Å². The second-order valence-corrected chi connectivity index (χ2v) is 7.21. The topological polar surface area (TPSA) is 66.8 Å². The van der Waals surface area contributed by atoms with E-state index in [1.54, 1.807) is 37.5 Å². The van der Waals surface area contributed by atoms with Crippen molar-refractivity contribution in [3.8, 4) is 5.75 Å². The molecule has 0 saturated carbocycles. The summed E-state index contributed by atoms with van der Waals surface area (Å²) < 4.78 is 5.64. The van der Waals surface area contributed by atoms with Crippen LogP contribution in [0.1, 0.15) is 11.1 Å². The molecule has 0 bridgehead atoms. The maximum Gasteiger partial charge on any atom is 0.307 e. The summed E-state index contributed by atoms with van der Waals surface area (Å²) in [5, 5.41) is 8.84. The molecule has 2 aromatic carbocycles. The molecule has 0 aliphatic carbocycles. The average Bonchev–Trinajstić information content (AvgIpc) is 2.89. The number of anilines is 1. The third-order valence-corrected chi connectivity index (χ3v) is 5.04. The number of aliphatic carboxylic acids is 1. The van der Waals surface area contributed by atoms with Crippen molar-refractivity contribution in [3.05, 3.63) is 64.6 Å².